The van der Waals surface area contributed by atoms with Crippen LogP contribution >= 0.6 is 0 Å². The van der Waals surface area contributed by atoms with Crippen molar-refractivity contribution in [3.63, 3.8) is 0 Å². The van der Waals surface area contributed by atoms with Crippen molar-refractivity contribution in [1.82, 2.24) is 10.1 Å². The van der Waals surface area contributed by atoms with Crippen LogP contribution in [-0.2, 0) is 25.8 Å². The summed E-state index contributed by atoms with van der Waals surface area (Å²) in [6, 6.07) is 8.38. The van der Waals surface area contributed by atoms with Crippen molar-refractivity contribution >= 4 is 5.91 Å². The molecule has 1 aliphatic heterocycles. The Morgan fingerprint density at radius 3 is 2.72 bits per heavy atom. The number of carbonyl (C=O) groups excluding carboxylic acids is 1. The van der Waals surface area contributed by atoms with E-state index >= 15 is 0 Å². The molecule has 4 rings (SSSR count). The number of hydrogen-bond donors (Lipinski definition) is 0. The third-order valence-electron chi connectivity index (χ3n) is 5.89. The third-order valence-corrected chi connectivity index (χ3v) is 5.89. The zero-order valence-corrected chi connectivity index (χ0v) is 15.3. The summed E-state index contributed by atoms with van der Waals surface area (Å²) in [6.45, 7) is 8.25. The number of benzene rings is 1. The van der Waals surface area contributed by atoms with E-state index in [1.54, 1.807) is 0 Å². The molecular formula is C21H26N2O2. The lowest BCUT2D eigenvalue weighted by atomic mass is 9.71. The van der Waals surface area contributed by atoms with Gasteiger partial charge in [0.1, 0.15) is 5.76 Å². The summed E-state index contributed by atoms with van der Waals surface area (Å²) < 4.78 is 5.53. The first kappa shape index (κ1) is 16.4. The van der Waals surface area contributed by atoms with Gasteiger partial charge in [0.05, 0.1) is 0 Å². The van der Waals surface area contributed by atoms with Crippen molar-refractivity contribution in [3.05, 3.63) is 52.4 Å². The predicted octanol–water partition coefficient (Wildman–Crippen LogP) is 4.02. The Kier molecular flexibility index (Phi) is 3.94. The molecule has 0 radical (unpaired) electrons. The van der Waals surface area contributed by atoms with Crippen LogP contribution in [0, 0.1) is 11.3 Å². The Morgan fingerprint density at radius 1 is 1.20 bits per heavy atom. The second-order valence-electron chi connectivity index (χ2n) is 8.48. The van der Waals surface area contributed by atoms with Crippen LogP contribution < -0.4 is 0 Å². The van der Waals surface area contributed by atoms with Gasteiger partial charge in [-0.3, -0.25) is 4.79 Å². The van der Waals surface area contributed by atoms with Crippen LogP contribution in [0.4, 0.5) is 0 Å². The maximum absolute atomic E-state index is 13.1. The van der Waals surface area contributed by atoms with Gasteiger partial charge in [0.25, 0.3) is 5.91 Å². The summed E-state index contributed by atoms with van der Waals surface area (Å²) in [7, 11) is 0. The van der Waals surface area contributed by atoms with Gasteiger partial charge in [-0.1, -0.05) is 50.2 Å². The molecule has 1 aromatic heterocycles. The van der Waals surface area contributed by atoms with E-state index in [0.717, 1.165) is 43.6 Å². The number of aromatic nitrogens is 1. The molecule has 4 nitrogen and oxygen atoms in total. The second kappa shape index (κ2) is 6.01. The average molecular weight is 338 g/mol. The SMILES string of the molecule is CC(C)(C)[C@@H]1CCc2onc(C(=O)N3CCc4ccccc4C3)c2C1. The average Bonchev–Trinajstić information content (AvgIpc) is 3.03. The van der Waals surface area contributed by atoms with Gasteiger partial charge < -0.3 is 9.42 Å². The highest BCUT2D eigenvalue weighted by atomic mass is 16.5. The van der Waals surface area contributed by atoms with E-state index in [9.17, 15) is 4.79 Å². The van der Waals surface area contributed by atoms with E-state index in [-0.39, 0.29) is 11.3 Å². The molecule has 0 N–H and O–H groups in total. The highest BCUT2D eigenvalue weighted by Gasteiger charge is 2.35. The van der Waals surface area contributed by atoms with Gasteiger partial charge in [0.2, 0.25) is 0 Å². The molecular weight excluding hydrogens is 312 g/mol. The van der Waals surface area contributed by atoms with E-state index in [0.29, 0.717) is 18.2 Å². The van der Waals surface area contributed by atoms with Crippen molar-refractivity contribution in [2.45, 2.75) is 53.0 Å². The highest BCUT2D eigenvalue weighted by molar-refractivity contribution is 5.94. The highest BCUT2D eigenvalue weighted by Crippen LogP contribution is 2.38. The van der Waals surface area contributed by atoms with Crippen LogP contribution in [0.25, 0.3) is 0 Å². The van der Waals surface area contributed by atoms with Gasteiger partial charge in [-0.15, -0.1) is 0 Å². The predicted molar refractivity (Wildman–Crippen MR) is 96.4 cm³/mol. The van der Waals surface area contributed by atoms with E-state index < -0.39 is 0 Å². The van der Waals surface area contributed by atoms with Crippen LogP contribution in [0.15, 0.2) is 28.8 Å². The summed E-state index contributed by atoms with van der Waals surface area (Å²) >= 11 is 0. The summed E-state index contributed by atoms with van der Waals surface area (Å²) in [5, 5.41) is 4.18. The van der Waals surface area contributed by atoms with Gasteiger partial charge in [-0.2, -0.15) is 0 Å². The first-order valence-corrected chi connectivity index (χ1v) is 9.27. The number of rotatable bonds is 1. The summed E-state index contributed by atoms with van der Waals surface area (Å²) in [6.07, 6.45) is 3.80. The minimum Gasteiger partial charge on any atom is -0.360 e. The Labute approximate surface area is 149 Å². The molecule has 0 saturated heterocycles. The lowest BCUT2D eigenvalue weighted by molar-refractivity contribution is 0.0722. The molecule has 2 aliphatic rings. The van der Waals surface area contributed by atoms with E-state index in [2.05, 4.69) is 44.1 Å². The monoisotopic (exact) mass is 338 g/mol. The maximum atomic E-state index is 13.1. The topological polar surface area (TPSA) is 46.3 Å². The smallest absolute Gasteiger partial charge is 0.276 e. The van der Waals surface area contributed by atoms with Gasteiger partial charge in [0.15, 0.2) is 5.69 Å². The first-order valence-electron chi connectivity index (χ1n) is 9.27. The van der Waals surface area contributed by atoms with E-state index in [1.807, 2.05) is 11.0 Å². The van der Waals surface area contributed by atoms with E-state index in [1.165, 1.54) is 11.1 Å². The first-order chi connectivity index (χ1) is 11.9. The Bertz CT molecular complexity index is 800. The van der Waals surface area contributed by atoms with Gasteiger partial charge in [-0.05, 0) is 41.7 Å². The lowest BCUT2D eigenvalue weighted by Crippen LogP contribution is -2.37. The third kappa shape index (κ3) is 2.99. The fraction of sp³-hybridized carbons (Fsp3) is 0.524. The second-order valence-corrected chi connectivity index (χ2v) is 8.48. The van der Waals surface area contributed by atoms with Crippen molar-refractivity contribution in [2.75, 3.05) is 6.54 Å². The number of hydrogen-bond acceptors (Lipinski definition) is 3. The molecule has 0 bridgehead atoms. The Balaban J connectivity index is 1.58. The van der Waals surface area contributed by atoms with Crippen molar-refractivity contribution in [2.24, 2.45) is 11.3 Å². The fourth-order valence-corrected chi connectivity index (χ4v) is 4.13. The quantitative estimate of drug-likeness (QED) is 0.789. The molecule has 25 heavy (non-hydrogen) atoms. The molecule has 2 heterocycles. The van der Waals surface area contributed by atoms with Gasteiger partial charge in [-0.25, -0.2) is 0 Å². The molecule has 0 unspecified atom stereocenters. The largest absolute Gasteiger partial charge is 0.360 e. The van der Waals surface area contributed by atoms with Crippen LogP contribution in [0.3, 0.4) is 0 Å². The van der Waals surface area contributed by atoms with Crippen LogP contribution in [-0.4, -0.2) is 22.5 Å². The molecule has 4 heteroatoms. The summed E-state index contributed by atoms with van der Waals surface area (Å²) in [5.74, 6) is 1.50. The summed E-state index contributed by atoms with van der Waals surface area (Å²) in [4.78, 5) is 15.0. The molecule has 0 saturated carbocycles. The van der Waals surface area contributed by atoms with Crippen LogP contribution in [0.5, 0.6) is 0 Å². The number of amides is 1. The van der Waals surface area contributed by atoms with Crippen molar-refractivity contribution in [1.29, 1.82) is 0 Å². The molecule has 1 amide bonds. The number of fused-ring (bicyclic) bond motifs is 2. The lowest BCUT2D eigenvalue weighted by Gasteiger charge is -2.33. The number of carbonyl (C=O) groups is 1. The zero-order valence-electron chi connectivity index (χ0n) is 15.3. The normalized spacial score (nSPS) is 20.1. The minimum absolute atomic E-state index is 0.0223. The van der Waals surface area contributed by atoms with Gasteiger partial charge >= 0.3 is 0 Å². The Hall–Kier alpha value is -2.10. The molecule has 1 atom stereocenters. The molecule has 132 valence electrons. The van der Waals surface area contributed by atoms with Gasteiger partial charge in [0, 0.05) is 25.1 Å². The standard InChI is InChI=1S/C21H26N2O2/c1-21(2,3)16-8-9-18-17(12-16)19(22-25-18)20(24)23-11-10-14-6-4-5-7-15(14)13-23/h4-7,16H,8-13H2,1-3H3/t16-/m1/s1. The number of nitrogens with zero attached hydrogens (tertiary/aromatic N) is 2. The molecule has 0 spiro atoms. The van der Waals surface area contributed by atoms with Crippen molar-refractivity contribution in [3.8, 4) is 0 Å². The molecule has 1 aliphatic carbocycles. The maximum Gasteiger partial charge on any atom is 0.276 e. The minimum atomic E-state index is 0.0223. The molecule has 2 aromatic rings. The fourth-order valence-electron chi connectivity index (χ4n) is 4.13. The summed E-state index contributed by atoms with van der Waals surface area (Å²) in [5.41, 5.74) is 4.42. The Morgan fingerprint density at radius 2 is 1.96 bits per heavy atom. The zero-order chi connectivity index (χ0) is 17.6. The van der Waals surface area contributed by atoms with Crippen LogP contribution in [0.2, 0.25) is 0 Å². The van der Waals surface area contributed by atoms with Crippen LogP contribution in [0.1, 0.15) is 60.1 Å². The molecule has 1 aromatic carbocycles. The van der Waals surface area contributed by atoms with E-state index in [4.69, 9.17) is 4.52 Å². The molecule has 0 fully saturated rings. The number of aryl methyl sites for hydroxylation is 1. The van der Waals surface area contributed by atoms with Crippen molar-refractivity contribution < 1.29 is 9.32 Å².